The minimum Gasteiger partial charge on any atom is -0.480 e. The summed E-state index contributed by atoms with van der Waals surface area (Å²) in [7, 11) is 0. The van der Waals surface area contributed by atoms with Gasteiger partial charge in [-0.15, -0.1) is 11.8 Å². The molecule has 0 aromatic heterocycles. The van der Waals surface area contributed by atoms with E-state index in [4.69, 9.17) is 5.11 Å². The quantitative estimate of drug-likeness (QED) is 0.639. The van der Waals surface area contributed by atoms with Gasteiger partial charge in [0.25, 0.3) is 0 Å². The molecule has 16 heavy (non-hydrogen) atoms. The monoisotopic (exact) mass is 246 g/mol. The van der Waals surface area contributed by atoms with Gasteiger partial charge in [0.1, 0.15) is 6.04 Å². The van der Waals surface area contributed by atoms with Crippen LogP contribution in [0.25, 0.3) is 0 Å². The first kappa shape index (κ1) is 13.3. The maximum atomic E-state index is 11.4. The van der Waals surface area contributed by atoms with Crippen molar-refractivity contribution >= 4 is 23.6 Å². The van der Waals surface area contributed by atoms with Gasteiger partial charge in [-0.1, -0.05) is 0 Å². The SMILES string of the molecule is CC(NC(=O)CSC1CCNCC1)C(=O)O. The molecular weight excluding hydrogens is 228 g/mol. The van der Waals surface area contributed by atoms with E-state index in [2.05, 4.69) is 10.6 Å². The van der Waals surface area contributed by atoms with Gasteiger partial charge in [-0.05, 0) is 32.9 Å². The molecule has 1 aliphatic heterocycles. The van der Waals surface area contributed by atoms with Crippen LogP contribution in [-0.2, 0) is 9.59 Å². The molecule has 1 fully saturated rings. The molecule has 0 spiro atoms. The molecule has 3 N–H and O–H groups in total. The van der Waals surface area contributed by atoms with Crippen molar-refractivity contribution in [3.63, 3.8) is 0 Å². The van der Waals surface area contributed by atoms with Gasteiger partial charge in [0.05, 0.1) is 5.75 Å². The second-order valence-electron chi connectivity index (χ2n) is 3.89. The Morgan fingerprint density at radius 2 is 2.12 bits per heavy atom. The van der Waals surface area contributed by atoms with Crippen LogP contribution in [0.4, 0.5) is 0 Å². The molecule has 0 aliphatic carbocycles. The highest BCUT2D eigenvalue weighted by Crippen LogP contribution is 2.19. The number of carboxylic acid groups (broad SMARTS) is 1. The van der Waals surface area contributed by atoms with E-state index in [-0.39, 0.29) is 5.91 Å². The molecule has 0 aromatic rings. The fourth-order valence-corrected chi connectivity index (χ4v) is 2.54. The number of aliphatic carboxylic acids is 1. The summed E-state index contributed by atoms with van der Waals surface area (Å²) in [4.78, 5) is 21.9. The number of rotatable bonds is 5. The lowest BCUT2D eigenvalue weighted by Gasteiger charge is -2.21. The average molecular weight is 246 g/mol. The maximum absolute atomic E-state index is 11.4. The van der Waals surface area contributed by atoms with Crippen LogP contribution in [0.3, 0.4) is 0 Å². The third-order valence-electron chi connectivity index (χ3n) is 2.48. The lowest BCUT2D eigenvalue weighted by Crippen LogP contribution is -2.39. The summed E-state index contributed by atoms with van der Waals surface area (Å²) in [5, 5.41) is 14.8. The second kappa shape index (κ2) is 6.75. The smallest absolute Gasteiger partial charge is 0.325 e. The Hall–Kier alpha value is -0.750. The zero-order valence-electron chi connectivity index (χ0n) is 9.36. The normalized spacial score (nSPS) is 19.1. The molecule has 1 atom stereocenters. The van der Waals surface area contributed by atoms with Gasteiger partial charge < -0.3 is 15.7 Å². The highest BCUT2D eigenvalue weighted by molar-refractivity contribution is 8.00. The number of piperidine rings is 1. The Bertz CT molecular complexity index is 254. The highest BCUT2D eigenvalue weighted by Gasteiger charge is 2.17. The van der Waals surface area contributed by atoms with Crippen molar-refractivity contribution in [3.05, 3.63) is 0 Å². The van der Waals surface area contributed by atoms with E-state index < -0.39 is 12.0 Å². The number of nitrogens with one attached hydrogen (secondary N) is 2. The molecule has 1 unspecified atom stereocenters. The third-order valence-corrected chi connectivity index (χ3v) is 3.86. The van der Waals surface area contributed by atoms with Crippen molar-refractivity contribution in [1.29, 1.82) is 0 Å². The molecule has 1 heterocycles. The number of carbonyl (C=O) groups excluding carboxylic acids is 1. The highest BCUT2D eigenvalue weighted by atomic mass is 32.2. The minimum atomic E-state index is -1.000. The van der Waals surface area contributed by atoms with Crippen molar-refractivity contribution in [2.24, 2.45) is 0 Å². The van der Waals surface area contributed by atoms with Gasteiger partial charge in [0, 0.05) is 5.25 Å². The number of hydrogen-bond donors (Lipinski definition) is 3. The fourth-order valence-electron chi connectivity index (χ4n) is 1.50. The largest absolute Gasteiger partial charge is 0.480 e. The number of carboxylic acids is 1. The molecule has 0 saturated carbocycles. The van der Waals surface area contributed by atoms with E-state index >= 15 is 0 Å². The summed E-state index contributed by atoms with van der Waals surface area (Å²) >= 11 is 1.61. The van der Waals surface area contributed by atoms with Gasteiger partial charge in [-0.3, -0.25) is 9.59 Å². The predicted octanol–water partition coefficient (Wildman–Crippen LogP) is 0.0609. The Labute approximate surface area is 99.4 Å². The van der Waals surface area contributed by atoms with Crippen LogP contribution in [0.1, 0.15) is 19.8 Å². The first-order valence-corrected chi connectivity index (χ1v) is 6.49. The Morgan fingerprint density at radius 3 is 2.69 bits per heavy atom. The summed E-state index contributed by atoms with van der Waals surface area (Å²) in [5.74, 6) is -0.846. The summed E-state index contributed by atoms with van der Waals surface area (Å²) < 4.78 is 0. The second-order valence-corrected chi connectivity index (χ2v) is 5.18. The number of thioether (sulfide) groups is 1. The van der Waals surface area contributed by atoms with Gasteiger partial charge >= 0.3 is 5.97 Å². The zero-order valence-corrected chi connectivity index (χ0v) is 10.2. The van der Waals surface area contributed by atoms with Gasteiger partial charge in [0.15, 0.2) is 0 Å². The first-order valence-electron chi connectivity index (χ1n) is 5.44. The van der Waals surface area contributed by atoms with Gasteiger partial charge in [0.2, 0.25) is 5.91 Å². The summed E-state index contributed by atoms with van der Waals surface area (Å²) in [6, 6.07) is -0.805. The van der Waals surface area contributed by atoms with E-state index in [9.17, 15) is 9.59 Å². The number of carbonyl (C=O) groups is 2. The van der Waals surface area contributed by atoms with Crippen molar-refractivity contribution < 1.29 is 14.7 Å². The molecule has 1 saturated heterocycles. The predicted molar refractivity (Wildman–Crippen MR) is 63.6 cm³/mol. The summed E-state index contributed by atoms with van der Waals surface area (Å²) in [5.41, 5.74) is 0. The summed E-state index contributed by atoms with van der Waals surface area (Å²) in [6.07, 6.45) is 2.15. The molecule has 0 radical (unpaired) electrons. The Kier molecular flexibility index (Phi) is 5.62. The Balaban J connectivity index is 2.16. The van der Waals surface area contributed by atoms with Crippen molar-refractivity contribution in [1.82, 2.24) is 10.6 Å². The van der Waals surface area contributed by atoms with Crippen molar-refractivity contribution in [2.45, 2.75) is 31.1 Å². The lowest BCUT2D eigenvalue weighted by molar-refractivity contribution is -0.140. The van der Waals surface area contributed by atoms with Gasteiger partial charge in [-0.2, -0.15) is 0 Å². The van der Waals surface area contributed by atoms with Crippen LogP contribution in [0.15, 0.2) is 0 Å². The molecule has 0 bridgehead atoms. The molecule has 6 heteroatoms. The first-order chi connectivity index (χ1) is 7.59. The van der Waals surface area contributed by atoms with Crippen LogP contribution in [-0.4, -0.2) is 47.1 Å². The van der Waals surface area contributed by atoms with Crippen LogP contribution < -0.4 is 10.6 Å². The van der Waals surface area contributed by atoms with Crippen LogP contribution in [0.2, 0.25) is 0 Å². The van der Waals surface area contributed by atoms with Crippen molar-refractivity contribution in [3.8, 4) is 0 Å². The fraction of sp³-hybridized carbons (Fsp3) is 0.800. The van der Waals surface area contributed by atoms with E-state index in [1.54, 1.807) is 11.8 Å². The number of hydrogen-bond acceptors (Lipinski definition) is 4. The maximum Gasteiger partial charge on any atom is 0.325 e. The molecule has 5 nitrogen and oxygen atoms in total. The minimum absolute atomic E-state index is 0.196. The van der Waals surface area contributed by atoms with E-state index in [1.165, 1.54) is 6.92 Å². The molecular formula is C10H18N2O3S. The van der Waals surface area contributed by atoms with Crippen LogP contribution in [0, 0.1) is 0 Å². The lowest BCUT2D eigenvalue weighted by atomic mass is 10.2. The average Bonchev–Trinajstić information content (AvgIpc) is 2.27. The van der Waals surface area contributed by atoms with Crippen LogP contribution >= 0.6 is 11.8 Å². The molecule has 1 rings (SSSR count). The van der Waals surface area contributed by atoms with E-state index in [0.29, 0.717) is 11.0 Å². The zero-order chi connectivity index (χ0) is 12.0. The standard InChI is InChI=1S/C10H18N2O3S/c1-7(10(14)15)12-9(13)6-16-8-2-4-11-5-3-8/h7-8,11H,2-6H2,1H3,(H,12,13)(H,14,15). The molecule has 1 amide bonds. The molecule has 92 valence electrons. The Morgan fingerprint density at radius 1 is 1.50 bits per heavy atom. The van der Waals surface area contributed by atoms with Crippen LogP contribution in [0.5, 0.6) is 0 Å². The van der Waals surface area contributed by atoms with E-state index in [0.717, 1.165) is 25.9 Å². The third kappa shape index (κ3) is 4.85. The molecule has 1 aliphatic rings. The molecule has 0 aromatic carbocycles. The summed E-state index contributed by atoms with van der Waals surface area (Å²) in [6.45, 7) is 3.48. The van der Waals surface area contributed by atoms with E-state index in [1.807, 2.05) is 0 Å². The number of amides is 1. The van der Waals surface area contributed by atoms with Gasteiger partial charge in [-0.25, -0.2) is 0 Å². The topological polar surface area (TPSA) is 78.4 Å². The van der Waals surface area contributed by atoms with Crippen molar-refractivity contribution in [2.75, 3.05) is 18.8 Å².